The lowest BCUT2D eigenvalue weighted by molar-refractivity contribution is 0.604. The Balaban J connectivity index is 2.88. The molecule has 0 fully saturated rings. The van der Waals surface area contributed by atoms with Crippen molar-refractivity contribution in [3.8, 4) is 0 Å². The molecule has 0 unspecified atom stereocenters. The van der Waals surface area contributed by atoms with Crippen molar-refractivity contribution in [2.75, 3.05) is 0 Å². The van der Waals surface area contributed by atoms with E-state index < -0.39 is 9.84 Å². The monoisotopic (exact) mass is 238 g/mol. The fraction of sp³-hybridized carbons (Fsp3) is 0.385. The lowest BCUT2D eigenvalue weighted by Gasteiger charge is -2.02. The summed E-state index contributed by atoms with van der Waals surface area (Å²) in [6.07, 6.45) is 2.96. The summed E-state index contributed by atoms with van der Waals surface area (Å²) in [5.41, 5.74) is 0.922. The Labute approximate surface area is 97.9 Å². The second-order valence-corrected chi connectivity index (χ2v) is 5.72. The third kappa shape index (κ3) is 3.81. The van der Waals surface area contributed by atoms with Gasteiger partial charge in [-0.2, -0.15) is 0 Å². The molecule has 88 valence electrons. The molecule has 0 bridgehead atoms. The van der Waals surface area contributed by atoms with E-state index in [1.165, 1.54) is 5.41 Å². The van der Waals surface area contributed by atoms with Crippen LogP contribution in [0.3, 0.4) is 0 Å². The van der Waals surface area contributed by atoms with Crippen molar-refractivity contribution in [3.63, 3.8) is 0 Å². The Kier molecular flexibility index (Phi) is 4.74. The van der Waals surface area contributed by atoms with Crippen LogP contribution in [0.25, 0.3) is 0 Å². The molecule has 2 nitrogen and oxygen atoms in total. The summed E-state index contributed by atoms with van der Waals surface area (Å²) < 4.78 is 23.9. The molecule has 1 rings (SSSR count). The van der Waals surface area contributed by atoms with Crippen molar-refractivity contribution < 1.29 is 8.42 Å². The second kappa shape index (κ2) is 5.85. The van der Waals surface area contributed by atoms with Crippen LogP contribution >= 0.6 is 0 Å². The zero-order chi connectivity index (χ0) is 12.0. The van der Waals surface area contributed by atoms with Gasteiger partial charge in [0.05, 0.1) is 4.90 Å². The molecule has 0 aliphatic rings. The van der Waals surface area contributed by atoms with E-state index in [2.05, 4.69) is 6.92 Å². The van der Waals surface area contributed by atoms with Crippen molar-refractivity contribution >= 4 is 9.84 Å². The number of hydrogen-bond acceptors (Lipinski definition) is 2. The topological polar surface area (TPSA) is 34.1 Å². The highest BCUT2D eigenvalue weighted by atomic mass is 32.2. The van der Waals surface area contributed by atoms with Crippen molar-refractivity contribution in [2.45, 2.75) is 38.0 Å². The minimum absolute atomic E-state index is 0.367. The first kappa shape index (κ1) is 13.0. The summed E-state index contributed by atoms with van der Waals surface area (Å²) in [5, 5.41) is 1.39. The molecule has 0 heterocycles. The van der Waals surface area contributed by atoms with Crippen molar-refractivity contribution in [2.24, 2.45) is 0 Å². The molecule has 0 saturated heterocycles. The molecule has 0 spiro atoms. The molecule has 1 aromatic carbocycles. The smallest absolute Gasteiger partial charge is 0.199 e. The molecule has 0 radical (unpaired) electrons. The molecule has 0 saturated carbocycles. The average molecular weight is 238 g/mol. The van der Waals surface area contributed by atoms with Gasteiger partial charge in [-0.1, -0.05) is 37.1 Å². The summed E-state index contributed by atoms with van der Waals surface area (Å²) in [5.74, 6) is 0. The third-order valence-corrected chi connectivity index (χ3v) is 3.99. The zero-order valence-electron chi connectivity index (χ0n) is 9.81. The maximum atomic E-state index is 11.9. The fourth-order valence-electron chi connectivity index (χ4n) is 1.46. The Morgan fingerprint density at radius 1 is 1.25 bits per heavy atom. The first-order chi connectivity index (χ1) is 7.56. The molecular formula is C13H18O2S. The molecule has 16 heavy (non-hydrogen) atoms. The number of hydrogen-bond donors (Lipinski definition) is 0. The number of allylic oxidation sites excluding steroid dienone is 1. The van der Waals surface area contributed by atoms with Gasteiger partial charge in [-0.15, -0.1) is 0 Å². The van der Waals surface area contributed by atoms with Crippen LogP contribution in [0.2, 0.25) is 0 Å². The lowest BCUT2D eigenvalue weighted by atomic mass is 10.2. The normalized spacial score (nSPS) is 12.8. The Morgan fingerprint density at radius 3 is 2.44 bits per heavy atom. The van der Waals surface area contributed by atoms with E-state index in [0.29, 0.717) is 4.90 Å². The summed E-state index contributed by atoms with van der Waals surface area (Å²) in [6.45, 7) is 3.97. The predicted octanol–water partition coefficient (Wildman–Crippen LogP) is 3.55. The van der Waals surface area contributed by atoms with Gasteiger partial charge in [-0.3, -0.25) is 0 Å². The van der Waals surface area contributed by atoms with E-state index in [4.69, 9.17) is 0 Å². The molecule has 1 aromatic rings. The van der Waals surface area contributed by atoms with Crippen molar-refractivity contribution in [1.29, 1.82) is 0 Å². The summed E-state index contributed by atoms with van der Waals surface area (Å²) in [4.78, 5) is 0.367. The van der Waals surface area contributed by atoms with Gasteiger partial charge < -0.3 is 0 Å². The minimum Gasteiger partial charge on any atom is -0.219 e. The Bertz CT molecular complexity index is 444. The third-order valence-electron chi connectivity index (χ3n) is 2.35. The second-order valence-electron chi connectivity index (χ2n) is 3.93. The van der Waals surface area contributed by atoms with Gasteiger partial charge in [0.25, 0.3) is 0 Å². The maximum absolute atomic E-state index is 11.9. The van der Waals surface area contributed by atoms with Gasteiger partial charge in [0.1, 0.15) is 0 Å². The van der Waals surface area contributed by atoms with Crippen molar-refractivity contribution in [3.05, 3.63) is 41.3 Å². The first-order valence-electron chi connectivity index (χ1n) is 5.53. The van der Waals surface area contributed by atoms with Crippen LogP contribution in [0.5, 0.6) is 0 Å². The maximum Gasteiger partial charge on any atom is 0.199 e. The molecule has 0 N–H and O–H groups in total. The SMILES string of the molecule is CCCC/C(C)=C/S(=O)(=O)c1ccccc1. The average Bonchev–Trinajstić information content (AvgIpc) is 2.27. The number of rotatable bonds is 5. The number of unbranched alkanes of at least 4 members (excludes halogenated alkanes) is 1. The van der Waals surface area contributed by atoms with Gasteiger partial charge in [0, 0.05) is 5.41 Å². The van der Waals surface area contributed by atoms with Gasteiger partial charge in [-0.25, -0.2) is 8.42 Å². The predicted molar refractivity (Wildman–Crippen MR) is 66.9 cm³/mol. The molecule has 0 atom stereocenters. The van der Waals surface area contributed by atoms with Crippen LogP contribution in [-0.4, -0.2) is 8.42 Å². The quantitative estimate of drug-likeness (QED) is 0.786. The molecule has 0 aliphatic heterocycles. The number of sulfone groups is 1. The van der Waals surface area contributed by atoms with Crippen LogP contribution < -0.4 is 0 Å². The molecular weight excluding hydrogens is 220 g/mol. The van der Waals surface area contributed by atoms with Crippen molar-refractivity contribution in [1.82, 2.24) is 0 Å². The summed E-state index contributed by atoms with van der Waals surface area (Å²) >= 11 is 0. The van der Waals surface area contributed by atoms with Crippen LogP contribution in [0, 0.1) is 0 Å². The van der Waals surface area contributed by atoms with Crippen LogP contribution in [-0.2, 0) is 9.84 Å². The van der Waals surface area contributed by atoms with E-state index in [1.54, 1.807) is 24.3 Å². The molecule has 0 aromatic heterocycles. The lowest BCUT2D eigenvalue weighted by Crippen LogP contribution is -1.97. The van der Waals surface area contributed by atoms with E-state index in [0.717, 1.165) is 24.8 Å². The van der Waals surface area contributed by atoms with Gasteiger partial charge >= 0.3 is 0 Å². The Hall–Kier alpha value is -1.09. The van der Waals surface area contributed by atoms with Gasteiger partial charge in [0.2, 0.25) is 0 Å². The summed E-state index contributed by atoms with van der Waals surface area (Å²) in [6, 6.07) is 8.54. The number of benzene rings is 1. The van der Waals surface area contributed by atoms with Gasteiger partial charge in [0.15, 0.2) is 9.84 Å². The van der Waals surface area contributed by atoms with E-state index in [1.807, 2.05) is 13.0 Å². The molecule has 3 heteroatoms. The van der Waals surface area contributed by atoms with Crippen LogP contribution in [0.15, 0.2) is 46.2 Å². The zero-order valence-corrected chi connectivity index (χ0v) is 10.6. The standard InChI is InChI=1S/C13H18O2S/c1-3-4-8-12(2)11-16(14,15)13-9-6-5-7-10-13/h5-7,9-11H,3-4,8H2,1-2H3/b12-11+. The van der Waals surface area contributed by atoms with E-state index in [-0.39, 0.29) is 0 Å². The van der Waals surface area contributed by atoms with Crippen LogP contribution in [0.4, 0.5) is 0 Å². The molecule has 0 aliphatic carbocycles. The fourth-order valence-corrected chi connectivity index (χ4v) is 2.78. The van der Waals surface area contributed by atoms with E-state index in [9.17, 15) is 8.42 Å². The molecule has 0 amide bonds. The van der Waals surface area contributed by atoms with Crippen LogP contribution in [0.1, 0.15) is 33.1 Å². The minimum atomic E-state index is -3.25. The van der Waals surface area contributed by atoms with E-state index >= 15 is 0 Å². The Morgan fingerprint density at radius 2 is 1.88 bits per heavy atom. The highest BCUT2D eigenvalue weighted by Crippen LogP contribution is 2.15. The summed E-state index contributed by atoms with van der Waals surface area (Å²) in [7, 11) is -3.25. The largest absolute Gasteiger partial charge is 0.219 e. The highest BCUT2D eigenvalue weighted by Gasteiger charge is 2.10. The van der Waals surface area contributed by atoms with Gasteiger partial charge in [-0.05, 0) is 31.9 Å². The first-order valence-corrected chi connectivity index (χ1v) is 7.08. The highest BCUT2D eigenvalue weighted by molar-refractivity contribution is 7.94.